The first-order valence-corrected chi connectivity index (χ1v) is 10.2. The van der Waals surface area contributed by atoms with Crippen molar-refractivity contribution in [3.05, 3.63) is 5.82 Å². The van der Waals surface area contributed by atoms with Crippen molar-refractivity contribution in [1.29, 1.82) is 0 Å². The monoisotopic (exact) mass is 361 g/mol. The van der Waals surface area contributed by atoms with Crippen LogP contribution >= 0.6 is 0 Å². The Bertz CT molecular complexity index is 526. The molecule has 1 aliphatic heterocycles. The molecule has 0 spiro atoms. The third-order valence-corrected chi connectivity index (χ3v) is 4.92. The summed E-state index contributed by atoms with van der Waals surface area (Å²) in [5, 5.41) is 0. The number of aromatic nitrogens is 3. The second kappa shape index (κ2) is 11.8. The summed E-state index contributed by atoms with van der Waals surface area (Å²) in [5.41, 5.74) is 11.3. The second-order valence-electron chi connectivity index (χ2n) is 7.14. The van der Waals surface area contributed by atoms with Crippen LogP contribution in [0.4, 0.5) is 11.9 Å². The second-order valence-corrected chi connectivity index (χ2v) is 7.14. The third-order valence-electron chi connectivity index (χ3n) is 4.92. The predicted molar refractivity (Wildman–Crippen MR) is 108 cm³/mol. The van der Waals surface area contributed by atoms with Gasteiger partial charge < -0.3 is 11.5 Å². The summed E-state index contributed by atoms with van der Waals surface area (Å²) in [4.78, 5) is 19.1. The lowest BCUT2D eigenvalue weighted by Gasteiger charge is -2.22. The maximum Gasteiger partial charge on any atom is 0.225 e. The van der Waals surface area contributed by atoms with Gasteiger partial charge in [0.15, 0.2) is 0 Å². The molecule has 0 radical (unpaired) electrons. The van der Waals surface area contributed by atoms with Gasteiger partial charge in [0, 0.05) is 25.7 Å². The Kier molecular flexibility index (Phi) is 9.31. The van der Waals surface area contributed by atoms with Crippen LogP contribution in [0, 0.1) is 0 Å². The summed E-state index contributed by atoms with van der Waals surface area (Å²) in [6, 6.07) is 0. The third kappa shape index (κ3) is 7.64. The maximum absolute atomic E-state index is 5.63. The van der Waals surface area contributed by atoms with Gasteiger partial charge in [0.05, 0.1) is 0 Å². The van der Waals surface area contributed by atoms with Crippen LogP contribution in [0.1, 0.15) is 77.0 Å². The zero-order chi connectivity index (χ0) is 18.6. The van der Waals surface area contributed by atoms with E-state index in [1.54, 1.807) is 0 Å². The Balaban J connectivity index is 1.58. The van der Waals surface area contributed by atoms with Crippen molar-refractivity contribution in [2.45, 2.75) is 83.7 Å². The van der Waals surface area contributed by atoms with E-state index in [2.05, 4.69) is 31.8 Å². The Labute approximate surface area is 157 Å². The van der Waals surface area contributed by atoms with Crippen molar-refractivity contribution in [3.8, 4) is 0 Å². The van der Waals surface area contributed by atoms with Gasteiger partial charge in [-0.25, -0.2) is 0 Å². The van der Waals surface area contributed by atoms with Gasteiger partial charge in [0.1, 0.15) is 12.0 Å². The van der Waals surface area contributed by atoms with Crippen LogP contribution in [0.2, 0.25) is 0 Å². The molecule has 0 aliphatic carbocycles. The molecule has 146 valence electrons. The lowest BCUT2D eigenvalue weighted by atomic mass is 10.1. The highest BCUT2D eigenvalue weighted by atomic mass is 15.3. The minimum Gasteiger partial charge on any atom is -0.368 e. The number of anilines is 2. The Morgan fingerprint density at radius 3 is 2.19 bits per heavy atom. The summed E-state index contributed by atoms with van der Waals surface area (Å²) < 4.78 is 0. The smallest absolute Gasteiger partial charge is 0.225 e. The van der Waals surface area contributed by atoms with Crippen molar-refractivity contribution in [1.82, 2.24) is 19.9 Å². The van der Waals surface area contributed by atoms with E-state index in [9.17, 15) is 0 Å². The molecule has 0 saturated carbocycles. The molecule has 1 aromatic heterocycles. The lowest BCUT2D eigenvalue weighted by molar-refractivity contribution is 0.236. The van der Waals surface area contributed by atoms with Crippen molar-refractivity contribution in [2.24, 2.45) is 4.99 Å². The molecule has 26 heavy (non-hydrogen) atoms. The molecule has 4 N–H and O–H groups in total. The largest absolute Gasteiger partial charge is 0.368 e. The highest BCUT2D eigenvalue weighted by Crippen LogP contribution is 2.17. The maximum atomic E-state index is 5.63. The van der Waals surface area contributed by atoms with Crippen LogP contribution in [-0.2, 0) is 6.42 Å². The Morgan fingerprint density at radius 2 is 1.54 bits per heavy atom. The first-order valence-electron chi connectivity index (χ1n) is 10.2. The summed E-state index contributed by atoms with van der Waals surface area (Å²) in [5.74, 6) is 1.04. The first kappa shape index (κ1) is 20.6. The van der Waals surface area contributed by atoms with E-state index < -0.39 is 0 Å². The molecule has 0 saturated heterocycles. The fourth-order valence-corrected chi connectivity index (χ4v) is 3.44. The minimum atomic E-state index is 0.191. The van der Waals surface area contributed by atoms with Crippen LogP contribution in [-0.4, -0.2) is 45.3 Å². The van der Waals surface area contributed by atoms with Crippen LogP contribution in [0.25, 0.3) is 0 Å². The Morgan fingerprint density at radius 1 is 0.923 bits per heavy atom. The lowest BCUT2D eigenvalue weighted by Crippen LogP contribution is -2.32. The van der Waals surface area contributed by atoms with Crippen LogP contribution < -0.4 is 11.5 Å². The number of hydrogen-bond donors (Lipinski definition) is 2. The van der Waals surface area contributed by atoms with Crippen molar-refractivity contribution in [2.75, 3.05) is 24.6 Å². The summed E-state index contributed by atoms with van der Waals surface area (Å²) in [6.45, 7) is 4.03. The fourth-order valence-electron chi connectivity index (χ4n) is 3.44. The molecule has 0 bridgehead atoms. The number of hydrogen-bond acceptors (Lipinski definition) is 7. The Hall–Kier alpha value is -1.76. The molecular formula is C19H35N7. The molecule has 1 aromatic rings. The number of aliphatic imine (C=N–C) groups is 1. The van der Waals surface area contributed by atoms with E-state index in [0.717, 1.165) is 19.5 Å². The number of rotatable bonds is 13. The molecule has 0 aromatic carbocycles. The summed E-state index contributed by atoms with van der Waals surface area (Å²) in [7, 11) is 0. The summed E-state index contributed by atoms with van der Waals surface area (Å²) >= 11 is 0. The average Bonchev–Trinajstić information content (AvgIpc) is 3.05. The number of nitrogens with two attached hydrogens (primary N) is 2. The number of nitrogens with zero attached hydrogens (tertiary/aromatic N) is 5. The minimum absolute atomic E-state index is 0.191. The van der Waals surface area contributed by atoms with Crippen molar-refractivity contribution >= 4 is 18.1 Å². The van der Waals surface area contributed by atoms with E-state index >= 15 is 0 Å². The number of nitrogen functional groups attached to an aromatic ring is 2. The highest BCUT2D eigenvalue weighted by Gasteiger charge is 2.20. The van der Waals surface area contributed by atoms with Gasteiger partial charge in [-0.3, -0.25) is 9.89 Å². The van der Waals surface area contributed by atoms with Gasteiger partial charge in [-0.1, -0.05) is 58.3 Å². The van der Waals surface area contributed by atoms with Crippen LogP contribution in [0.5, 0.6) is 0 Å². The van der Waals surface area contributed by atoms with Crippen molar-refractivity contribution in [3.63, 3.8) is 0 Å². The SMILES string of the molecule is CCCCCCCCCCCC1N=CCN1CCc1nc(N)nc(N)n1. The van der Waals surface area contributed by atoms with Crippen LogP contribution in [0.15, 0.2) is 4.99 Å². The first-order chi connectivity index (χ1) is 12.7. The molecule has 1 atom stereocenters. The highest BCUT2D eigenvalue weighted by molar-refractivity contribution is 5.62. The fraction of sp³-hybridized carbons (Fsp3) is 0.789. The molecule has 2 rings (SSSR count). The normalized spacial score (nSPS) is 17.2. The molecule has 1 aliphatic rings. The topological polar surface area (TPSA) is 106 Å². The molecule has 1 unspecified atom stereocenters. The average molecular weight is 362 g/mol. The standard InChI is InChI=1S/C19H35N7/c1-2-3-4-5-6-7-8-9-10-11-17-22-13-15-26(17)14-12-16-23-18(20)25-19(21)24-16/h13,17H,2-12,14-15H2,1H3,(H4,20,21,23,24,25). The van der Waals surface area contributed by atoms with Crippen molar-refractivity contribution < 1.29 is 0 Å². The number of unbranched alkanes of at least 4 members (excludes halogenated alkanes) is 8. The van der Waals surface area contributed by atoms with Gasteiger partial charge in [-0.15, -0.1) is 0 Å². The molecule has 0 fully saturated rings. The van der Waals surface area contributed by atoms with Gasteiger partial charge >= 0.3 is 0 Å². The van der Waals surface area contributed by atoms with E-state index in [0.29, 0.717) is 18.4 Å². The quantitative estimate of drug-likeness (QED) is 0.523. The zero-order valence-corrected chi connectivity index (χ0v) is 16.2. The zero-order valence-electron chi connectivity index (χ0n) is 16.2. The van der Waals surface area contributed by atoms with E-state index in [1.165, 1.54) is 57.8 Å². The molecule has 7 nitrogen and oxygen atoms in total. The van der Waals surface area contributed by atoms with E-state index in [4.69, 9.17) is 11.5 Å². The van der Waals surface area contributed by atoms with E-state index in [-0.39, 0.29) is 11.9 Å². The van der Waals surface area contributed by atoms with Gasteiger partial charge in [-0.2, -0.15) is 15.0 Å². The predicted octanol–water partition coefficient (Wildman–Crippen LogP) is 3.21. The van der Waals surface area contributed by atoms with Crippen LogP contribution in [0.3, 0.4) is 0 Å². The molecule has 7 heteroatoms. The summed E-state index contributed by atoms with van der Waals surface area (Å²) in [6.07, 6.45) is 16.4. The molecule has 2 heterocycles. The van der Waals surface area contributed by atoms with Gasteiger partial charge in [-0.05, 0) is 12.8 Å². The van der Waals surface area contributed by atoms with Gasteiger partial charge in [0.2, 0.25) is 11.9 Å². The van der Waals surface area contributed by atoms with E-state index in [1.807, 2.05) is 6.21 Å². The molecular weight excluding hydrogens is 326 g/mol. The molecule has 0 amide bonds. The van der Waals surface area contributed by atoms with Gasteiger partial charge in [0.25, 0.3) is 0 Å².